The van der Waals surface area contributed by atoms with E-state index in [1.54, 1.807) is 12.1 Å². The fourth-order valence-electron chi connectivity index (χ4n) is 1.97. The summed E-state index contributed by atoms with van der Waals surface area (Å²) in [5.74, 6) is 0.00951. The fourth-order valence-corrected chi connectivity index (χ4v) is 2.17. The molecule has 0 radical (unpaired) electrons. The summed E-state index contributed by atoms with van der Waals surface area (Å²) in [6, 6.07) is 8.63. The molecule has 1 aromatic carbocycles. The van der Waals surface area contributed by atoms with Crippen LogP contribution in [0.5, 0.6) is 0 Å². The van der Waals surface area contributed by atoms with Gasteiger partial charge in [-0.15, -0.1) is 0 Å². The van der Waals surface area contributed by atoms with E-state index >= 15 is 0 Å². The van der Waals surface area contributed by atoms with E-state index in [-0.39, 0.29) is 22.2 Å². The Morgan fingerprint density at radius 1 is 1.38 bits per heavy atom. The highest BCUT2D eigenvalue weighted by Gasteiger charge is 2.11. The van der Waals surface area contributed by atoms with Crippen molar-refractivity contribution in [2.45, 2.75) is 6.42 Å². The number of furan rings is 1. The van der Waals surface area contributed by atoms with Crippen molar-refractivity contribution in [3.63, 3.8) is 0 Å². The molecule has 10 heteroatoms. The molecule has 24 heavy (non-hydrogen) atoms. The maximum atomic E-state index is 13.0. The third-order valence-corrected chi connectivity index (χ3v) is 3.35. The summed E-state index contributed by atoms with van der Waals surface area (Å²) in [6.07, 6.45) is 1.68. The van der Waals surface area contributed by atoms with Gasteiger partial charge in [0.25, 0.3) is 0 Å². The molecule has 1 N–H and O–H groups in total. The minimum atomic E-state index is -0.638. The van der Waals surface area contributed by atoms with Crippen molar-refractivity contribution in [3.05, 3.63) is 74.2 Å². The summed E-state index contributed by atoms with van der Waals surface area (Å²) in [6.45, 7) is 0. The summed E-state index contributed by atoms with van der Waals surface area (Å²) in [4.78, 5) is 9.95. The van der Waals surface area contributed by atoms with Gasteiger partial charge in [-0.1, -0.05) is 12.1 Å². The predicted molar refractivity (Wildman–Crippen MR) is 85.0 cm³/mol. The number of aromatic nitrogens is 3. The van der Waals surface area contributed by atoms with E-state index in [0.29, 0.717) is 12.2 Å². The molecule has 0 unspecified atom stereocenters. The second-order valence-corrected chi connectivity index (χ2v) is 5.12. The Hall–Kier alpha value is -3.14. The predicted octanol–water partition coefficient (Wildman–Crippen LogP) is 3.05. The minimum absolute atomic E-state index is 0.206. The maximum Gasteiger partial charge on any atom is 0.433 e. The highest BCUT2D eigenvalue weighted by atomic mass is 32.1. The molecule has 0 amide bonds. The van der Waals surface area contributed by atoms with Crippen LogP contribution in [0.3, 0.4) is 0 Å². The molecule has 0 aliphatic carbocycles. The van der Waals surface area contributed by atoms with Gasteiger partial charge in [-0.05, 0) is 36.0 Å². The number of benzene rings is 1. The van der Waals surface area contributed by atoms with E-state index in [0.717, 1.165) is 5.56 Å². The average molecular weight is 347 g/mol. The van der Waals surface area contributed by atoms with Gasteiger partial charge in [-0.25, -0.2) is 4.39 Å². The SMILES string of the molecule is O=[N+]([O-])c1ccc(/C=N\n2c(Cc3ccc(F)cc3)n[nH]c2=S)o1. The summed E-state index contributed by atoms with van der Waals surface area (Å²) in [5.41, 5.74) is 0.829. The summed E-state index contributed by atoms with van der Waals surface area (Å²) in [7, 11) is 0. The largest absolute Gasteiger partial charge is 0.433 e. The highest BCUT2D eigenvalue weighted by molar-refractivity contribution is 7.71. The Kier molecular flexibility index (Phi) is 4.29. The molecule has 0 atom stereocenters. The zero-order chi connectivity index (χ0) is 17.1. The fraction of sp³-hybridized carbons (Fsp3) is 0.0714. The molecule has 3 rings (SSSR count). The molecule has 0 fully saturated rings. The lowest BCUT2D eigenvalue weighted by Gasteiger charge is -2.01. The zero-order valence-corrected chi connectivity index (χ0v) is 12.9. The lowest BCUT2D eigenvalue weighted by molar-refractivity contribution is -0.402. The van der Waals surface area contributed by atoms with E-state index in [1.807, 2.05) is 0 Å². The number of aromatic amines is 1. The molecular formula is C14H10FN5O3S. The molecule has 0 spiro atoms. The number of H-pyrrole nitrogens is 1. The van der Waals surface area contributed by atoms with Gasteiger partial charge in [0.05, 0.1) is 12.3 Å². The Balaban J connectivity index is 1.84. The van der Waals surface area contributed by atoms with E-state index in [2.05, 4.69) is 15.3 Å². The molecule has 3 aromatic rings. The van der Waals surface area contributed by atoms with Gasteiger partial charge in [-0.2, -0.15) is 14.9 Å². The monoisotopic (exact) mass is 347 g/mol. The van der Waals surface area contributed by atoms with Gasteiger partial charge < -0.3 is 4.42 Å². The lowest BCUT2D eigenvalue weighted by Crippen LogP contribution is -2.00. The number of rotatable bonds is 5. The third-order valence-electron chi connectivity index (χ3n) is 3.09. The van der Waals surface area contributed by atoms with E-state index < -0.39 is 4.92 Å². The molecule has 0 saturated carbocycles. The first-order valence-corrected chi connectivity index (χ1v) is 7.13. The number of hydrogen-bond donors (Lipinski definition) is 1. The van der Waals surface area contributed by atoms with Gasteiger partial charge in [0.2, 0.25) is 4.77 Å². The van der Waals surface area contributed by atoms with Crippen molar-refractivity contribution in [1.82, 2.24) is 14.9 Å². The van der Waals surface area contributed by atoms with Crippen LogP contribution in [-0.4, -0.2) is 26.0 Å². The first-order chi connectivity index (χ1) is 11.5. The van der Waals surface area contributed by atoms with Crippen molar-refractivity contribution in [2.75, 3.05) is 0 Å². The Bertz CT molecular complexity index is 957. The molecular weight excluding hydrogens is 337 g/mol. The van der Waals surface area contributed by atoms with Crippen molar-refractivity contribution < 1.29 is 13.7 Å². The normalized spacial score (nSPS) is 11.2. The molecule has 8 nitrogen and oxygen atoms in total. The number of halogens is 1. The van der Waals surface area contributed by atoms with E-state index in [4.69, 9.17) is 16.6 Å². The standard InChI is InChI=1S/C14H10FN5O3S/c15-10-3-1-9(2-4-10)7-12-17-18-14(24)19(12)16-8-11-5-6-13(23-11)20(21)22/h1-6,8H,7H2,(H,18,24)/b16-8-. The van der Waals surface area contributed by atoms with Gasteiger partial charge in [-0.3, -0.25) is 15.2 Å². The smallest absolute Gasteiger partial charge is 0.400 e. The summed E-state index contributed by atoms with van der Waals surface area (Å²) < 4.78 is 19.6. The zero-order valence-electron chi connectivity index (χ0n) is 12.0. The Morgan fingerprint density at radius 2 is 2.12 bits per heavy atom. The van der Waals surface area contributed by atoms with Gasteiger partial charge >= 0.3 is 5.88 Å². The third kappa shape index (κ3) is 3.43. The van der Waals surface area contributed by atoms with Gasteiger partial charge in [0.15, 0.2) is 11.6 Å². The van der Waals surface area contributed by atoms with Crippen LogP contribution >= 0.6 is 12.2 Å². The molecule has 0 aliphatic heterocycles. The van der Waals surface area contributed by atoms with E-state index in [9.17, 15) is 14.5 Å². The van der Waals surface area contributed by atoms with Crippen molar-refractivity contribution >= 4 is 24.3 Å². The van der Waals surface area contributed by atoms with Gasteiger partial charge in [0.1, 0.15) is 10.7 Å². The number of nitrogens with zero attached hydrogens (tertiary/aromatic N) is 4. The summed E-state index contributed by atoms with van der Waals surface area (Å²) in [5, 5.41) is 21.4. The average Bonchev–Trinajstić information content (AvgIpc) is 3.15. The van der Waals surface area contributed by atoms with Crippen LogP contribution in [-0.2, 0) is 6.42 Å². The summed E-state index contributed by atoms with van der Waals surface area (Å²) >= 11 is 5.10. The van der Waals surface area contributed by atoms with Gasteiger partial charge in [0, 0.05) is 6.42 Å². The first-order valence-electron chi connectivity index (χ1n) is 6.72. The molecule has 0 bridgehead atoms. The molecule has 0 aliphatic rings. The Labute approximate surface area is 139 Å². The van der Waals surface area contributed by atoms with Crippen LogP contribution < -0.4 is 0 Å². The molecule has 0 saturated heterocycles. The van der Waals surface area contributed by atoms with Crippen LogP contribution in [0.1, 0.15) is 17.1 Å². The number of hydrogen-bond acceptors (Lipinski definition) is 6. The van der Waals surface area contributed by atoms with Crippen molar-refractivity contribution in [2.24, 2.45) is 5.10 Å². The maximum absolute atomic E-state index is 13.0. The molecule has 122 valence electrons. The first kappa shape index (κ1) is 15.7. The lowest BCUT2D eigenvalue weighted by atomic mass is 10.1. The molecule has 2 heterocycles. The van der Waals surface area contributed by atoms with Crippen LogP contribution in [0.15, 0.2) is 45.9 Å². The Morgan fingerprint density at radius 3 is 2.79 bits per heavy atom. The van der Waals surface area contributed by atoms with Crippen molar-refractivity contribution in [1.29, 1.82) is 0 Å². The minimum Gasteiger partial charge on any atom is -0.400 e. The van der Waals surface area contributed by atoms with E-state index in [1.165, 1.54) is 35.2 Å². The van der Waals surface area contributed by atoms with Crippen LogP contribution in [0.25, 0.3) is 0 Å². The van der Waals surface area contributed by atoms with Crippen molar-refractivity contribution in [3.8, 4) is 0 Å². The topological polar surface area (TPSA) is 102 Å². The second kappa shape index (κ2) is 6.54. The quantitative estimate of drug-likeness (QED) is 0.331. The number of nitro groups is 1. The highest BCUT2D eigenvalue weighted by Crippen LogP contribution is 2.14. The molecule has 2 aromatic heterocycles. The van der Waals surface area contributed by atoms with Crippen LogP contribution in [0.4, 0.5) is 10.3 Å². The second-order valence-electron chi connectivity index (χ2n) is 4.74. The van der Waals surface area contributed by atoms with Crippen LogP contribution in [0.2, 0.25) is 0 Å². The van der Waals surface area contributed by atoms with Crippen LogP contribution in [0, 0.1) is 20.7 Å². The number of nitrogens with one attached hydrogen (secondary N) is 1.